The van der Waals surface area contributed by atoms with Crippen LogP contribution in [0.15, 0.2) is 0 Å². The van der Waals surface area contributed by atoms with Crippen molar-refractivity contribution in [2.75, 3.05) is 6.54 Å². The lowest BCUT2D eigenvalue weighted by molar-refractivity contribution is -0.118. The van der Waals surface area contributed by atoms with Gasteiger partial charge in [-0.2, -0.15) is 0 Å². The lowest BCUT2D eigenvalue weighted by atomic mass is 10.0. The van der Waals surface area contributed by atoms with E-state index in [4.69, 9.17) is 10.6 Å². The minimum Gasteiger partial charge on any atom is -0.370 e. The molecular weight excluding hydrogens is 348 g/mol. The number of nitrogens with one attached hydrogen (secondary N) is 1. The average Bonchev–Trinajstić information content (AvgIpc) is 2.65. The summed E-state index contributed by atoms with van der Waals surface area (Å²) in [5.74, 6) is -0.153. The molecule has 28 heavy (non-hydrogen) atoms. The number of nitrogens with two attached hydrogens (primary N) is 1. The van der Waals surface area contributed by atoms with Crippen molar-refractivity contribution in [1.29, 1.82) is 0 Å². The van der Waals surface area contributed by atoms with E-state index in [0.717, 1.165) is 19.4 Å². The van der Waals surface area contributed by atoms with Crippen molar-refractivity contribution in [2.45, 2.75) is 143 Å². The van der Waals surface area contributed by atoms with Crippen molar-refractivity contribution in [2.24, 2.45) is 5.73 Å². The highest BCUT2D eigenvalue weighted by Crippen LogP contribution is 2.13. The first-order valence-electron chi connectivity index (χ1n) is 12.2. The van der Waals surface area contributed by atoms with E-state index in [1.807, 2.05) is 13.8 Å². The lowest BCUT2D eigenvalue weighted by Crippen LogP contribution is -2.19. The number of amides is 1. The Bertz CT molecular complexity index is 296. The highest BCUT2D eigenvalue weighted by atomic mass is 16.7. The molecule has 0 aromatic rings. The molecule has 3 N–H and O–H groups in total. The van der Waals surface area contributed by atoms with Crippen LogP contribution < -0.4 is 11.2 Å². The van der Waals surface area contributed by atoms with Gasteiger partial charge in [0.25, 0.3) is 0 Å². The summed E-state index contributed by atoms with van der Waals surface area (Å²) in [6.07, 6.45) is 22.3. The van der Waals surface area contributed by atoms with E-state index < -0.39 is 0 Å². The summed E-state index contributed by atoms with van der Waals surface area (Å²) >= 11 is 0. The molecule has 0 spiro atoms. The van der Waals surface area contributed by atoms with Crippen LogP contribution in [0.2, 0.25) is 0 Å². The Balaban J connectivity index is 0. The quantitative estimate of drug-likeness (QED) is 0.170. The second kappa shape index (κ2) is 26.4. The van der Waals surface area contributed by atoms with Gasteiger partial charge in [0.2, 0.25) is 5.91 Å². The number of hydroxylamine groups is 1. The number of carbonyl (C=O) groups is 1. The van der Waals surface area contributed by atoms with Crippen molar-refractivity contribution >= 4 is 5.91 Å². The van der Waals surface area contributed by atoms with Crippen LogP contribution >= 0.6 is 0 Å². The zero-order chi connectivity index (χ0) is 21.3. The van der Waals surface area contributed by atoms with Gasteiger partial charge in [-0.15, -0.1) is 0 Å². The molecule has 170 valence electrons. The Morgan fingerprint density at radius 3 is 1.43 bits per heavy atom. The molecule has 0 aromatic heterocycles. The van der Waals surface area contributed by atoms with Crippen LogP contribution in [0.1, 0.15) is 137 Å². The number of hydrogen-bond donors (Lipinski definition) is 2. The second-order valence-corrected chi connectivity index (χ2v) is 8.23. The maximum absolute atomic E-state index is 10.6. The molecule has 0 heterocycles. The van der Waals surface area contributed by atoms with Gasteiger partial charge in [0.1, 0.15) is 0 Å². The van der Waals surface area contributed by atoms with Crippen LogP contribution in [0.25, 0.3) is 0 Å². The van der Waals surface area contributed by atoms with Gasteiger partial charge in [0.15, 0.2) is 0 Å². The smallest absolute Gasteiger partial charge is 0.217 e. The van der Waals surface area contributed by atoms with Gasteiger partial charge in [-0.1, -0.05) is 104 Å². The van der Waals surface area contributed by atoms with Gasteiger partial charge in [-0.25, -0.2) is 5.48 Å². The molecule has 0 aliphatic carbocycles. The number of primary amides is 1. The number of unbranched alkanes of at least 4 members (excludes halogenated alkanes) is 14. The minimum atomic E-state index is -0.153. The first-order chi connectivity index (χ1) is 13.5. The fourth-order valence-electron chi connectivity index (χ4n) is 3.00. The summed E-state index contributed by atoms with van der Waals surface area (Å²) in [6.45, 7) is 9.33. The van der Waals surface area contributed by atoms with Gasteiger partial charge in [-0.05, 0) is 26.7 Å². The summed E-state index contributed by atoms with van der Waals surface area (Å²) in [6, 6.07) is 0. The molecule has 0 aromatic carbocycles. The third-order valence-corrected chi connectivity index (χ3v) is 4.70. The first kappa shape index (κ1) is 29.6. The maximum Gasteiger partial charge on any atom is 0.217 e. The molecule has 0 fully saturated rings. The Morgan fingerprint density at radius 1 is 0.714 bits per heavy atom. The fraction of sp³-hybridized carbons (Fsp3) is 0.958. The first-order valence-corrected chi connectivity index (χ1v) is 12.2. The topological polar surface area (TPSA) is 64.4 Å². The van der Waals surface area contributed by atoms with Gasteiger partial charge in [-0.3, -0.25) is 9.63 Å². The van der Waals surface area contributed by atoms with E-state index in [-0.39, 0.29) is 5.91 Å². The summed E-state index contributed by atoms with van der Waals surface area (Å²) < 4.78 is 0. The van der Waals surface area contributed by atoms with Crippen LogP contribution in [0.5, 0.6) is 0 Å². The molecular formula is C24H52N2O2. The predicted molar refractivity (Wildman–Crippen MR) is 123 cm³/mol. The number of carbonyl (C=O) groups excluding carboxylic acids is 1. The summed E-state index contributed by atoms with van der Waals surface area (Å²) in [5, 5.41) is 0. The largest absolute Gasteiger partial charge is 0.370 e. The molecule has 0 saturated heterocycles. The maximum atomic E-state index is 10.6. The molecule has 0 rings (SSSR count). The average molecular weight is 401 g/mol. The van der Waals surface area contributed by atoms with Gasteiger partial charge in [0, 0.05) is 13.0 Å². The lowest BCUT2D eigenvalue weighted by Gasteiger charge is -2.05. The van der Waals surface area contributed by atoms with E-state index in [1.54, 1.807) is 0 Å². The standard InChI is InChI=1S/C18H37NO.C6H15NO/c1-2-3-4-5-6-7-8-9-10-11-12-13-14-15-16-17-18(19)20;1-4-5-7-8-6(2)3/h2-17H2,1H3,(H2,19,20);6-7H,4-5H2,1-3H3. The van der Waals surface area contributed by atoms with Crippen LogP contribution in [0.4, 0.5) is 0 Å². The minimum absolute atomic E-state index is 0.153. The van der Waals surface area contributed by atoms with Crippen molar-refractivity contribution in [1.82, 2.24) is 5.48 Å². The molecule has 0 aliphatic heterocycles. The summed E-state index contributed by atoms with van der Waals surface area (Å²) in [4.78, 5) is 15.6. The zero-order valence-electron chi connectivity index (χ0n) is 19.7. The highest BCUT2D eigenvalue weighted by Gasteiger charge is 1.96. The predicted octanol–water partition coefficient (Wildman–Crippen LogP) is 7.06. The Labute approximate surface area is 176 Å². The zero-order valence-corrected chi connectivity index (χ0v) is 19.7. The van der Waals surface area contributed by atoms with E-state index in [0.29, 0.717) is 12.5 Å². The van der Waals surface area contributed by atoms with Crippen molar-refractivity contribution in [3.8, 4) is 0 Å². The molecule has 0 aliphatic rings. The fourth-order valence-corrected chi connectivity index (χ4v) is 3.00. The summed E-state index contributed by atoms with van der Waals surface area (Å²) in [5.41, 5.74) is 7.94. The van der Waals surface area contributed by atoms with Gasteiger partial charge < -0.3 is 5.73 Å². The SMILES string of the molecule is CCCCCCCCCCCCCCCCCC(N)=O.CCCNOC(C)C. The molecule has 0 radical (unpaired) electrons. The van der Waals surface area contributed by atoms with E-state index in [2.05, 4.69) is 19.3 Å². The van der Waals surface area contributed by atoms with E-state index >= 15 is 0 Å². The van der Waals surface area contributed by atoms with Crippen molar-refractivity contribution in [3.63, 3.8) is 0 Å². The molecule has 4 nitrogen and oxygen atoms in total. The van der Waals surface area contributed by atoms with Gasteiger partial charge in [0.05, 0.1) is 6.10 Å². The number of hydrogen-bond acceptors (Lipinski definition) is 3. The van der Waals surface area contributed by atoms with Crippen molar-refractivity contribution in [3.05, 3.63) is 0 Å². The molecule has 0 atom stereocenters. The Kier molecular flexibility index (Phi) is 27.9. The van der Waals surface area contributed by atoms with E-state index in [9.17, 15) is 4.79 Å². The van der Waals surface area contributed by atoms with Crippen LogP contribution in [-0.4, -0.2) is 18.6 Å². The Hall–Kier alpha value is -0.610. The molecule has 0 unspecified atom stereocenters. The van der Waals surface area contributed by atoms with Crippen LogP contribution in [0.3, 0.4) is 0 Å². The van der Waals surface area contributed by atoms with Crippen molar-refractivity contribution < 1.29 is 9.63 Å². The molecule has 0 saturated carbocycles. The molecule has 1 amide bonds. The monoisotopic (exact) mass is 400 g/mol. The van der Waals surface area contributed by atoms with Gasteiger partial charge >= 0.3 is 0 Å². The summed E-state index contributed by atoms with van der Waals surface area (Å²) in [7, 11) is 0. The van der Waals surface area contributed by atoms with Crippen LogP contribution in [0, 0.1) is 0 Å². The Morgan fingerprint density at radius 2 is 1.11 bits per heavy atom. The molecule has 4 heteroatoms. The third kappa shape index (κ3) is 33.0. The molecule has 0 bridgehead atoms. The van der Waals surface area contributed by atoms with E-state index in [1.165, 1.54) is 89.9 Å². The highest BCUT2D eigenvalue weighted by molar-refractivity contribution is 5.73. The normalized spacial score (nSPS) is 10.8. The number of rotatable bonds is 20. The second-order valence-electron chi connectivity index (χ2n) is 8.23. The van der Waals surface area contributed by atoms with Crippen LogP contribution in [-0.2, 0) is 9.63 Å². The third-order valence-electron chi connectivity index (χ3n) is 4.70.